The number of carbonyl (C=O) groups is 4. The summed E-state index contributed by atoms with van der Waals surface area (Å²) in [4.78, 5) is 51.8. The van der Waals surface area contributed by atoms with E-state index in [-0.39, 0.29) is 25.2 Å². The molecule has 0 aromatic heterocycles. The van der Waals surface area contributed by atoms with Gasteiger partial charge in [0.05, 0.1) is 13.2 Å². The minimum atomic E-state index is -1.53. The number of carboxylic acids is 1. The Labute approximate surface area is 377 Å². The van der Waals surface area contributed by atoms with Gasteiger partial charge in [-0.25, -0.2) is 0 Å². The first-order valence-electron chi connectivity index (χ1n) is 25.9. The van der Waals surface area contributed by atoms with Crippen molar-refractivity contribution >= 4 is 23.7 Å². The Morgan fingerprint density at radius 2 is 0.887 bits per heavy atom. The molecule has 0 aliphatic carbocycles. The van der Waals surface area contributed by atoms with E-state index in [1.807, 2.05) is 0 Å². The molecule has 364 valence electrons. The number of ether oxygens (including phenoxy) is 1. The summed E-state index contributed by atoms with van der Waals surface area (Å²) in [6, 6.07) is -1.20. The van der Waals surface area contributed by atoms with E-state index in [4.69, 9.17) is 9.84 Å². The van der Waals surface area contributed by atoms with Crippen molar-refractivity contribution in [1.82, 2.24) is 15.5 Å². The minimum Gasteiger partial charge on any atom is -0.481 e. The number of amides is 3. The van der Waals surface area contributed by atoms with Crippen molar-refractivity contribution < 1.29 is 44.3 Å². The highest BCUT2D eigenvalue weighted by atomic mass is 16.5. The number of aliphatic hydroxyl groups excluding tert-OH is 3. The standard InChI is InChI=1S/C50H95N3O9/c1-3-5-7-9-11-13-15-17-19-21-23-25-27-29-31-35-39-53(45(57)37-32-30-28-26-24-22-20-18-16-14-12-10-8-6-4-2)50-47(49(61)48(60)42(41-54)62-50)52-44(56)40-51-43(55)36-33-34-38-46(58)59/h42,47-50,54,60-61H,3-41H2,1-2H3,(H,51,55)(H,52,56)(H,58,59)/t42-,47-,48-,49-,50-/m1/s1. The lowest BCUT2D eigenvalue weighted by Crippen LogP contribution is -2.69. The second kappa shape index (κ2) is 40.2. The topological polar surface area (TPSA) is 186 Å². The van der Waals surface area contributed by atoms with E-state index in [9.17, 15) is 34.5 Å². The van der Waals surface area contributed by atoms with Gasteiger partial charge in [0.2, 0.25) is 17.7 Å². The van der Waals surface area contributed by atoms with Crippen LogP contribution in [0.15, 0.2) is 0 Å². The lowest BCUT2D eigenvalue weighted by molar-refractivity contribution is -0.231. The minimum absolute atomic E-state index is 0.0417. The third-order valence-electron chi connectivity index (χ3n) is 12.6. The first kappa shape index (κ1) is 57.7. The lowest BCUT2D eigenvalue weighted by atomic mass is 9.94. The van der Waals surface area contributed by atoms with Crippen LogP contribution in [0.4, 0.5) is 0 Å². The number of carboxylic acid groups (broad SMARTS) is 1. The number of aliphatic hydroxyl groups is 3. The van der Waals surface area contributed by atoms with E-state index in [1.165, 1.54) is 148 Å². The van der Waals surface area contributed by atoms with Gasteiger partial charge in [-0.3, -0.25) is 19.2 Å². The summed E-state index contributed by atoms with van der Waals surface area (Å²) in [6.07, 6.45) is 33.7. The van der Waals surface area contributed by atoms with Crippen molar-refractivity contribution in [2.45, 2.75) is 276 Å². The summed E-state index contributed by atoms with van der Waals surface area (Å²) in [5, 5.41) is 46.2. The van der Waals surface area contributed by atoms with E-state index in [2.05, 4.69) is 24.5 Å². The molecule has 0 unspecified atom stereocenters. The molecule has 5 atom stereocenters. The first-order chi connectivity index (χ1) is 30.2. The molecule has 1 heterocycles. The maximum Gasteiger partial charge on any atom is 0.303 e. The number of unbranched alkanes of at least 4 members (excludes halogenated alkanes) is 30. The SMILES string of the molecule is CCCCCCCCCCCCCCCCCCN(C(=O)CCCCCCCCCCCCCCCCC)[C@@H]1O[C@H](CO)[C@@H](O)[C@H](O)[C@H]1NC(=O)CNC(=O)CCCCC(=O)O. The van der Waals surface area contributed by atoms with Crippen LogP contribution in [0.25, 0.3) is 0 Å². The van der Waals surface area contributed by atoms with Gasteiger partial charge >= 0.3 is 5.97 Å². The highest BCUT2D eigenvalue weighted by Gasteiger charge is 2.48. The third-order valence-corrected chi connectivity index (χ3v) is 12.6. The Morgan fingerprint density at radius 3 is 1.31 bits per heavy atom. The van der Waals surface area contributed by atoms with Crippen molar-refractivity contribution in [2.75, 3.05) is 19.7 Å². The molecule has 0 spiro atoms. The van der Waals surface area contributed by atoms with Gasteiger partial charge in [0, 0.05) is 25.8 Å². The molecule has 1 aliphatic rings. The Morgan fingerprint density at radius 1 is 0.500 bits per heavy atom. The maximum absolute atomic E-state index is 14.0. The molecule has 12 nitrogen and oxygen atoms in total. The van der Waals surface area contributed by atoms with Crippen LogP contribution in [-0.4, -0.2) is 99.3 Å². The van der Waals surface area contributed by atoms with Crippen LogP contribution in [0, 0.1) is 0 Å². The molecule has 0 saturated carbocycles. The second-order valence-electron chi connectivity index (χ2n) is 18.3. The highest BCUT2D eigenvalue weighted by molar-refractivity contribution is 5.85. The normalized spacial score (nSPS) is 18.8. The van der Waals surface area contributed by atoms with E-state index in [0.717, 1.165) is 38.5 Å². The van der Waals surface area contributed by atoms with Crippen LogP contribution in [0.5, 0.6) is 0 Å². The van der Waals surface area contributed by atoms with Crippen LogP contribution < -0.4 is 10.6 Å². The molecule has 0 bridgehead atoms. The van der Waals surface area contributed by atoms with Crippen molar-refractivity contribution in [3.8, 4) is 0 Å². The average Bonchev–Trinajstić information content (AvgIpc) is 3.26. The van der Waals surface area contributed by atoms with Crippen LogP contribution >= 0.6 is 0 Å². The van der Waals surface area contributed by atoms with Crippen molar-refractivity contribution in [1.29, 1.82) is 0 Å². The molecule has 6 N–H and O–H groups in total. The Kier molecular flexibility index (Phi) is 37.5. The fraction of sp³-hybridized carbons (Fsp3) is 0.920. The van der Waals surface area contributed by atoms with Crippen LogP contribution in [0.2, 0.25) is 0 Å². The van der Waals surface area contributed by atoms with Gasteiger partial charge in [-0.1, -0.05) is 200 Å². The Hall–Kier alpha value is -2.28. The monoisotopic (exact) mass is 882 g/mol. The first-order valence-corrected chi connectivity index (χ1v) is 25.9. The number of hydrogen-bond acceptors (Lipinski definition) is 8. The van der Waals surface area contributed by atoms with Gasteiger partial charge in [0.25, 0.3) is 0 Å². The molecular weight excluding hydrogens is 787 g/mol. The summed E-state index contributed by atoms with van der Waals surface area (Å²) >= 11 is 0. The smallest absolute Gasteiger partial charge is 0.303 e. The van der Waals surface area contributed by atoms with Crippen LogP contribution in [0.3, 0.4) is 0 Å². The molecule has 1 aliphatic heterocycles. The fourth-order valence-corrected chi connectivity index (χ4v) is 8.60. The number of carbonyl (C=O) groups excluding carboxylic acids is 3. The molecule has 0 aromatic carbocycles. The second-order valence-corrected chi connectivity index (χ2v) is 18.3. The molecule has 1 fully saturated rings. The van der Waals surface area contributed by atoms with Crippen LogP contribution in [0.1, 0.15) is 245 Å². The summed E-state index contributed by atoms with van der Waals surface area (Å²) in [7, 11) is 0. The summed E-state index contributed by atoms with van der Waals surface area (Å²) in [6.45, 7) is 3.88. The van der Waals surface area contributed by atoms with Gasteiger partial charge in [-0.2, -0.15) is 0 Å². The number of nitrogens with one attached hydrogen (secondary N) is 2. The summed E-state index contributed by atoms with van der Waals surface area (Å²) in [5.74, 6) is -2.13. The van der Waals surface area contributed by atoms with Gasteiger partial charge in [-0.15, -0.1) is 0 Å². The van der Waals surface area contributed by atoms with E-state index in [0.29, 0.717) is 32.2 Å². The Bertz CT molecular complexity index is 1110. The average molecular weight is 882 g/mol. The van der Waals surface area contributed by atoms with Crippen molar-refractivity contribution in [2.24, 2.45) is 0 Å². The molecule has 1 saturated heterocycles. The predicted octanol–water partition coefficient (Wildman–Crippen LogP) is 10.0. The molecule has 0 radical (unpaired) electrons. The van der Waals surface area contributed by atoms with Crippen LogP contribution in [-0.2, 0) is 23.9 Å². The number of nitrogens with zero attached hydrogens (tertiary/aromatic N) is 1. The van der Waals surface area contributed by atoms with E-state index < -0.39 is 61.5 Å². The zero-order valence-corrected chi connectivity index (χ0v) is 39.7. The van der Waals surface area contributed by atoms with Gasteiger partial charge < -0.3 is 40.7 Å². The van der Waals surface area contributed by atoms with E-state index in [1.54, 1.807) is 4.90 Å². The number of hydrogen-bond donors (Lipinski definition) is 6. The largest absolute Gasteiger partial charge is 0.481 e. The molecule has 12 heteroatoms. The molecule has 0 aromatic rings. The zero-order chi connectivity index (χ0) is 45.5. The van der Waals surface area contributed by atoms with Gasteiger partial charge in [0.1, 0.15) is 24.4 Å². The molecule has 62 heavy (non-hydrogen) atoms. The molecular formula is C50H95N3O9. The van der Waals surface area contributed by atoms with Gasteiger partial charge in [0.15, 0.2) is 6.23 Å². The fourth-order valence-electron chi connectivity index (χ4n) is 8.60. The zero-order valence-electron chi connectivity index (χ0n) is 39.7. The van der Waals surface area contributed by atoms with Gasteiger partial charge in [-0.05, 0) is 25.7 Å². The molecule has 3 amide bonds. The number of aliphatic carboxylic acids is 1. The predicted molar refractivity (Wildman–Crippen MR) is 250 cm³/mol. The third kappa shape index (κ3) is 30.0. The van der Waals surface area contributed by atoms with Crippen molar-refractivity contribution in [3.05, 3.63) is 0 Å². The summed E-state index contributed by atoms with van der Waals surface area (Å²) in [5.41, 5.74) is 0. The maximum atomic E-state index is 14.0. The summed E-state index contributed by atoms with van der Waals surface area (Å²) < 4.78 is 6.13. The Balaban J connectivity index is 2.70. The van der Waals surface area contributed by atoms with E-state index >= 15 is 0 Å². The molecule has 1 rings (SSSR count). The quantitative estimate of drug-likeness (QED) is 0.0324. The highest BCUT2D eigenvalue weighted by Crippen LogP contribution is 2.26. The van der Waals surface area contributed by atoms with Crippen molar-refractivity contribution in [3.63, 3.8) is 0 Å². The lowest BCUT2D eigenvalue weighted by Gasteiger charge is -2.47. The number of rotatable bonds is 43.